The molecule has 3 aromatic rings. The Kier molecular flexibility index (Phi) is 9.40. The molecule has 2 aromatic heterocycles. The topological polar surface area (TPSA) is 182 Å². The predicted octanol–water partition coefficient (Wildman–Crippen LogP) is 2.73. The van der Waals surface area contributed by atoms with Crippen LogP contribution in [-0.4, -0.2) is 68.2 Å². The molecule has 0 bridgehead atoms. The highest BCUT2D eigenvalue weighted by Gasteiger charge is 2.53. The van der Waals surface area contributed by atoms with Gasteiger partial charge in [0.1, 0.15) is 24.6 Å². The Morgan fingerprint density at radius 1 is 1.15 bits per heavy atom. The molecule has 41 heavy (non-hydrogen) atoms. The summed E-state index contributed by atoms with van der Waals surface area (Å²) in [6, 6.07) is 9.18. The number of phosphoric ester groups is 1. The van der Waals surface area contributed by atoms with Crippen LogP contribution in [0.2, 0.25) is 0 Å². The molecule has 3 N–H and O–H groups in total. The number of unbranched alkanes of at least 4 members (excludes halogenated alkanes) is 3. The number of carbonyl (C=O) groups excluding carboxylic acids is 1. The largest absolute Gasteiger partial charge is 0.756 e. The van der Waals surface area contributed by atoms with Crippen molar-refractivity contribution in [3.8, 4) is 0 Å². The Morgan fingerprint density at radius 3 is 2.73 bits per heavy atom. The van der Waals surface area contributed by atoms with Crippen molar-refractivity contribution in [2.45, 2.75) is 63.4 Å². The summed E-state index contributed by atoms with van der Waals surface area (Å²) in [5.41, 5.74) is 1.62. The molecule has 15 heteroatoms. The number of aromatic nitrogens is 4. The SMILES string of the molecule is CCCCCCNC(=O)Nc1ncnc2c1ncn2[C@@H]1O[C@H](COP(=O)([O-])O)C2OC(/C=C/c3ccccc3)O[C@@H]21. The van der Waals surface area contributed by atoms with Crippen molar-refractivity contribution in [1.82, 2.24) is 24.8 Å². The number of imidazole rings is 1. The third kappa shape index (κ3) is 7.35. The third-order valence-corrected chi connectivity index (χ3v) is 7.17. The van der Waals surface area contributed by atoms with Crippen LogP contribution < -0.4 is 15.5 Å². The first-order chi connectivity index (χ1) is 19.8. The lowest BCUT2D eigenvalue weighted by molar-refractivity contribution is -0.223. The zero-order valence-corrected chi connectivity index (χ0v) is 23.3. The molecule has 6 atom stereocenters. The number of hydrogen-bond donors (Lipinski definition) is 3. The van der Waals surface area contributed by atoms with Gasteiger partial charge in [-0.25, -0.2) is 19.7 Å². The average Bonchev–Trinajstić information content (AvgIpc) is 3.65. The minimum absolute atomic E-state index is 0.217. The Labute approximate surface area is 236 Å². The van der Waals surface area contributed by atoms with Crippen LogP contribution in [-0.2, 0) is 23.3 Å². The monoisotopic (exact) mass is 587 g/mol. The highest BCUT2D eigenvalue weighted by atomic mass is 31.2. The highest BCUT2D eigenvalue weighted by molar-refractivity contribution is 7.44. The number of carbonyl (C=O) groups is 1. The molecule has 3 unspecified atom stereocenters. The fraction of sp³-hybridized carbons (Fsp3) is 0.462. The second-order valence-electron chi connectivity index (χ2n) is 9.66. The Bertz CT molecular complexity index is 1400. The third-order valence-electron chi connectivity index (χ3n) is 6.70. The number of urea groups is 1. The minimum atomic E-state index is -5.00. The summed E-state index contributed by atoms with van der Waals surface area (Å²) in [5, 5.41) is 5.53. The normalized spacial score (nSPS) is 25.4. The van der Waals surface area contributed by atoms with Crippen molar-refractivity contribution in [2.24, 2.45) is 0 Å². The van der Waals surface area contributed by atoms with E-state index in [1.807, 2.05) is 36.4 Å². The lowest BCUT2D eigenvalue weighted by Gasteiger charge is -2.22. The van der Waals surface area contributed by atoms with Gasteiger partial charge >= 0.3 is 6.03 Å². The molecule has 4 heterocycles. The average molecular weight is 588 g/mol. The van der Waals surface area contributed by atoms with E-state index in [9.17, 15) is 14.3 Å². The lowest BCUT2D eigenvalue weighted by atomic mass is 10.1. The molecule has 220 valence electrons. The van der Waals surface area contributed by atoms with Gasteiger partial charge in [0.25, 0.3) is 7.82 Å². The fourth-order valence-corrected chi connectivity index (χ4v) is 5.10. The predicted molar refractivity (Wildman–Crippen MR) is 145 cm³/mol. The van der Waals surface area contributed by atoms with Gasteiger partial charge in [0.2, 0.25) is 0 Å². The number of ether oxygens (including phenoxy) is 3. The molecule has 2 amide bonds. The second-order valence-corrected chi connectivity index (χ2v) is 10.9. The van der Waals surface area contributed by atoms with Crippen molar-refractivity contribution in [2.75, 3.05) is 18.5 Å². The molecule has 2 fully saturated rings. The smallest absolute Gasteiger partial charge is 0.320 e. The number of phosphoric acid groups is 1. The van der Waals surface area contributed by atoms with Gasteiger partial charge in [-0.15, -0.1) is 0 Å². The zero-order chi connectivity index (χ0) is 28.8. The molecule has 2 saturated heterocycles. The molecule has 5 rings (SSSR count). The van der Waals surface area contributed by atoms with Gasteiger partial charge in [-0.2, -0.15) is 0 Å². The van der Waals surface area contributed by atoms with Crippen LogP contribution in [0.3, 0.4) is 0 Å². The number of amides is 2. The van der Waals surface area contributed by atoms with E-state index in [2.05, 4.69) is 37.0 Å². The molecule has 0 aliphatic carbocycles. The van der Waals surface area contributed by atoms with E-state index >= 15 is 0 Å². The number of anilines is 1. The Balaban J connectivity index is 1.33. The van der Waals surface area contributed by atoms with Gasteiger partial charge in [-0.05, 0) is 18.1 Å². The summed E-state index contributed by atoms with van der Waals surface area (Å²) in [4.78, 5) is 45.7. The summed E-state index contributed by atoms with van der Waals surface area (Å²) >= 11 is 0. The van der Waals surface area contributed by atoms with E-state index in [-0.39, 0.29) is 5.82 Å². The molecule has 1 aromatic carbocycles. The van der Waals surface area contributed by atoms with Crippen molar-refractivity contribution >= 4 is 36.9 Å². The Hall–Kier alpha value is -3.23. The molecular formula is C26H32N6O8P-. The number of nitrogens with one attached hydrogen (secondary N) is 2. The van der Waals surface area contributed by atoms with E-state index in [1.54, 1.807) is 10.6 Å². The van der Waals surface area contributed by atoms with Crippen LogP contribution in [0, 0.1) is 0 Å². The first-order valence-corrected chi connectivity index (χ1v) is 14.9. The van der Waals surface area contributed by atoms with Gasteiger partial charge in [0.05, 0.1) is 12.9 Å². The van der Waals surface area contributed by atoms with Gasteiger partial charge in [0, 0.05) is 6.54 Å². The van der Waals surface area contributed by atoms with E-state index in [1.165, 1.54) is 12.7 Å². The van der Waals surface area contributed by atoms with Gasteiger partial charge in [-0.1, -0.05) is 62.6 Å². The van der Waals surface area contributed by atoms with Crippen molar-refractivity contribution in [1.29, 1.82) is 0 Å². The summed E-state index contributed by atoms with van der Waals surface area (Å²) in [7, 11) is -5.00. The van der Waals surface area contributed by atoms with Gasteiger partial charge < -0.3 is 33.8 Å². The first-order valence-electron chi connectivity index (χ1n) is 13.4. The lowest BCUT2D eigenvalue weighted by Crippen LogP contribution is -2.32. The van der Waals surface area contributed by atoms with Crippen LogP contribution in [0.15, 0.2) is 49.1 Å². The van der Waals surface area contributed by atoms with Crippen molar-refractivity contribution in [3.63, 3.8) is 0 Å². The van der Waals surface area contributed by atoms with Crippen molar-refractivity contribution < 1.29 is 37.9 Å². The maximum Gasteiger partial charge on any atom is 0.320 e. The number of rotatable bonds is 12. The quantitative estimate of drug-likeness (QED) is 0.209. The molecule has 2 aliphatic heterocycles. The van der Waals surface area contributed by atoms with E-state index in [0.717, 1.165) is 31.2 Å². The van der Waals surface area contributed by atoms with Crippen LogP contribution in [0.1, 0.15) is 44.4 Å². The Morgan fingerprint density at radius 2 is 1.95 bits per heavy atom. The number of benzene rings is 1. The number of nitrogens with zero attached hydrogens (tertiary/aromatic N) is 4. The van der Waals surface area contributed by atoms with E-state index < -0.39 is 51.3 Å². The molecule has 14 nitrogen and oxygen atoms in total. The van der Waals surface area contributed by atoms with Gasteiger partial charge in [-0.3, -0.25) is 14.4 Å². The van der Waals surface area contributed by atoms with Gasteiger partial charge in [0.15, 0.2) is 29.5 Å². The maximum atomic E-state index is 12.4. The molecule has 0 saturated carbocycles. The van der Waals surface area contributed by atoms with Crippen molar-refractivity contribution in [3.05, 3.63) is 54.6 Å². The summed E-state index contributed by atoms with van der Waals surface area (Å²) in [6.07, 6.45) is 6.56. The van der Waals surface area contributed by atoms with Crippen LogP contribution in [0.5, 0.6) is 0 Å². The first kappa shape index (κ1) is 29.3. The second kappa shape index (κ2) is 13.2. The summed E-state index contributed by atoms with van der Waals surface area (Å²) in [6.45, 7) is 2.18. The number of hydrogen-bond acceptors (Lipinski definition) is 10. The zero-order valence-electron chi connectivity index (χ0n) is 22.4. The fourth-order valence-electron chi connectivity index (χ4n) is 4.76. The standard InChI is InChI=1S/C26H33N6O8P/c1-2-3-4-8-13-27-26(33)31-23-20-24(29-15-28-23)32(16-30-20)25-22-21(18(38-25)14-37-41(34,35)36)39-19(40-22)12-11-17-9-6-5-7-10-17/h5-7,9-12,15-16,18-19,21-22,25H,2-4,8,13-14H2,1H3,(H2,34,35,36)(H2,27,28,29,31,33)/p-1/b12-11+/t18-,19?,21?,22+,25-/m1/s1. The number of fused-ring (bicyclic) bond motifs is 2. The molecule has 0 spiro atoms. The van der Waals surface area contributed by atoms with Crippen LogP contribution in [0.4, 0.5) is 10.6 Å². The van der Waals surface area contributed by atoms with E-state index in [0.29, 0.717) is 17.7 Å². The highest BCUT2D eigenvalue weighted by Crippen LogP contribution is 2.42. The summed E-state index contributed by atoms with van der Waals surface area (Å²) in [5.74, 6) is 0.217. The van der Waals surface area contributed by atoms with Crippen LogP contribution in [0.25, 0.3) is 17.2 Å². The minimum Gasteiger partial charge on any atom is -0.756 e. The molecular weight excluding hydrogens is 555 g/mol. The van der Waals surface area contributed by atoms with Crippen LogP contribution >= 0.6 is 7.82 Å². The molecule has 2 aliphatic rings. The summed E-state index contributed by atoms with van der Waals surface area (Å²) < 4.78 is 35.8. The molecule has 0 radical (unpaired) electrons. The maximum absolute atomic E-state index is 12.4. The van der Waals surface area contributed by atoms with E-state index in [4.69, 9.17) is 19.1 Å².